The highest BCUT2D eigenvalue weighted by molar-refractivity contribution is 7.94. The molecule has 1 aromatic carbocycles. The van der Waals surface area contributed by atoms with Gasteiger partial charge in [0.2, 0.25) is 5.88 Å². The number of anilines is 1. The minimum atomic E-state index is -3.94. The van der Waals surface area contributed by atoms with Crippen LogP contribution in [0, 0.1) is 19.8 Å². The second kappa shape index (κ2) is 10.9. The third kappa shape index (κ3) is 5.53. The summed E-state index contributed by atoms with van der Waals surface area (Å²) < 4.78 is 40.5. The largest absolute Gasteiger partial charge is 0.480 e. The van der Waals surface area contributed by atoms with Crippen molar-refractivity contribution in [3.8, 4) is 17.0 Å². The van der Waals surface area contributed by atoms with Crippen LogP contribution in [0.2, 0.25) is 0 Å². The van der Waals surface area contributed by atoms with E-state index in [1.54, 1.807) is 52.0 Å². The molecule has 200 valence electrons. The number of pyridine rings is 1. The molecule has 0 saturated carbocycles. The van der Waals surface area contributed by atoms with E-state index >= 15 is 0 Å². The Hall–Kier alpha value is -3.84. The smallest absolute Gasteiger partial charge is 0.310 e. The lowest BCUT2D eigenvalue weighted by molar-refractivity contribution is -0.147. The van der Waals surface area contributed by atoms with Gasteiger partial charge in [-0.2, -0.15) is 0 Å². The molecular formula is C25H27N5O6S2. The fraction of sp³-hybridized carbons (Fsp3) is 0.320. The monoisotopic (exact) mass is 557 g/mol. The van der Waals surface area contributed by atoms with Crippen LogP contribution in [0.3, 0.4) is 0 Å². The van der Waals surface area contributed by atoms with Crippen LogP contribution in [0.5, 0.6) is 5.88 Å². The first-order valence-corrected chi connectivity index (χ1v) is 14.0. The third-order valence-electron chi connectivity index (χ3n) is 5.71. The fourth-order valence-electron chi connectivity index (χ4n) is 3.92. The Morgan fingerprint density at radius 1 is 1.18 bits per heavy atom. The summed E-state index contributed by atoms with van der Waals surface area (Å²) in [4.78, 5) is 38.1. The number of carbonyl (C=O) groups excluding carboxylic acids is 1. The molecule has 0 spiro atoms. The molecule has 0 aliphatic heterocycles. The Morgan fingerprint density at radius 2 is 1.95 bits per heavy atom. The van der Waals surface area contributed by atoms with Gasteiger partial charge in [-0.1, -0.05) is 13.0 Å². The van der Waals surface area contributed by atoms with Crippen LogP contribution in [-0.4, -0.2) is 47.6 Å². The molecule has 0 amide bonds. The minimum Gasteiger partial charge on any atom is -0.480 e. The highest BCUT2D eigenvalue weighted by Gasteiger charge is 2.23. The number of hydrogen-bond acceptors (Lipinski definition) is 10. The van der Waals surface area contributed by atoms with Gasteiger partial charge in [0, 0.05) is 18.3 Å². The van der Waals surface area contributed by atoms with Crippen molar-refractivity contribution in [1.82, 2.24) is 19.5 Å². The summed E-state index contributed by atoms with van der Waals surface area (Å²) >= 11 is 1.07. The fourth-order valence-corrected chi connectivity index (χ4v) is 6.45. The number of ether oxygens (including phenoxy) is 2. The molecule has 1 unspecified atom stereocenters. The molecular weight excluding hydrogens is 530 g/mol. The predicted molar refractivity (Wildman–Crippen MR) is 144 cm³/mol. The number of nitrogens with one attached hydrogen (secondary N) is 1. The molecule has 4 rings (SSSR count). The van der Waals surface area contributed by atoms with E-state index in [0.717, 1.165) is 11.3 Å². The SMILES string of the molecule is CCOC(=O)C(C)Cn1cnc2ccc(-c3cnc(OC)c(NS(=O)(=O)c4sc(C)nc4C)c3)cc2c1=O. The van der Waals surface area contributed by atoms with Crippen molar-refractivity contribution in [2.24, 2.45) is 5.92 Å². The summed E-state index contributed by atoms with van der Waals surface area (Å²) in [5, 5.41) is 0.976. The number of sulfonamides is 1. The molecule has 1 N–H and O–H groups in total. The van der Waals surface area contributed by atoms with E-state index in [-0.39, 0.29) is 34.5 Å². The minimum absolute atomic E-state index is 0.0916. The van der Waals surface area contributed by atoms with Gasteiger partial charge in [-0.05, 0) is 44.5 Å². The third-order valence-corrected chi connectivity index (χ3v) is 8.76. The van der Waals surface area contributed by atoms with Crippen molar-refractivity contribution in [2.45, 2.75) is 38.4 Å². The molecule has 0 radical (unpaired) electrons. The topological polar surface area (TPSA) is 142 Å². The summed E-state index contributed by atoms with van der Waals surface area (Å²) in [7, 11) is -2.55. The van der Waals surface area contributed by atoms with Crippen molar-refractivity contribution in [1.29, 1.82) is 0 Å². The molecule has 0 bridgehead atoms. The highest BCUT2D eigenvalue weighted by Crippen LogP contribution is 2.32. The van der Waals surface area contributed by atoms with E-state index in [1.807, 2.05) is 0 Å². The zero-order valence-corrected chi connectivity index (χ0v) is 23.1. The van der Waals surface area contributed by atoms with Gasteiger partial charge >= 0.3 is 5.97 Å². The number of hydrogen-bond donors (Lipinski definition) is 1. The highest BCUT2D eigenvalue weighted by atomic mass is 32.2. The first-order chi connectivity index (χ1) is 18.0. The lowest BCUT2D eigenvalue weighted by atomic mass is 10.0. The average Bonchev–Trinajstić information content (AvgIpc) is 3.24. The van der Waals surface area contributed by atoms with E-state index in [4.69, 9.17) is 9.47 Å². The second-order valence-electron chi connectivity index (χ2n) is 8.58. The van der Waals surface area contributed by atoms with E-state index in [0.29, 0.717) is 32.7 Å². The van der Waals surface area contributed by atoms with E-state index in [2.05, 4.69) is 19.7 Å². The van der Waals surface area contributed by atoms with Crippen molar-refractivity contribution in [3.63, 3.8) is 0 Å². The molecule has 0 aliphatic carbocycles. The van der Waals surface area contributed by atoms with Crippen molar-refractivity contribution < 1.29 is 22.7 Å². The van der Waals surface area contributed by atoms with E-state index < -0.39 is 21.9 Å². The maximum absolute atomic E-state index is 13.2. The summed E-state index contributed by atoms with van der Waals surface area (Å²) in [6.07, 6.45) is 2.93. The molecule has 11 nitrogen and oxygen atoms in total. The normalized spacial score (nSPS) is 12.3. The summed E-state index contributed by atoms with van der Waals surface area (Å²) in [5.41, 5.74) is 1.88. The van der Waals surface area contributed by atoms with Crippen molar-refractivity contribution in [2.75, 3.05) is 18.4 Å². The lowest BCUT2D eigenvalue weighted by Gasteiger charge is -2.14. The summed E-state index contributed by atoms with van der Waals surface area (Å²) in [6.45, 7) is 7.16. The Balaban J connectivity index is 1.71. The molecule has 3 aromatic heterocycles. The molecule has 13 heteroatoms. The number of benzene rings is 1. The number of rotatable bonds is 9. The van der Waals surface area contributed by atoms with Gasteiger partial charge < -0.3 is 9.47 Å². The quantitative estimate of drug-likeness (QED) is 0.306. The van der Waals surface area contributed by atoms with Gasteiger partial charge in [0.15, 0.2) is 4.21 Å². The van der Waals surface area contributed by atoms with Crippen LogP contribution < -0.4 is 15.0 Å². The van der Waals surface area contributed by atoms with Crippen molar-refractivity contribution >= 4 is 43.9 Å². The first kappa shape index (κ1) is 27.2. The molecule has 3 heterocycles. The van der Waals surface area contributed by atoms with Gasteiger partial charge in [0.25, 0.3) is 15.6 Å². The van der Waals surface area contributed by atoms with Gasteiger partial charge in [-0.15, -0.1) is 11.3 Å². The Kier molecular flexibility index (Phi) is 7.78. The standard InChI is InChI=1S/C25H27N5O6S2/c1-6-36-24(32)14(2)12-30-13-27-20-8-7-17(9-19(20)23(30)31)18-10-21(22(35-5)26-11-18)29-38(33,34)25-15(3)28-16(4)37-25/h7-11,13-14,29H,6,12H2,1-5H3. The van der Waals surface area contributed by atoms with Gasteiger partial charge in [-0.25, -0.2) is 23.4 Å². The van der Waals surface area contributed by atoms with E-state index in [1.165, 1.54) is 24.2 Å². The number of thiazole rings is 1. The number of aryl methyl sites for hydroxylation is 2. The molecule has 0 saturated heterocycles. The molecule has 4 aromatic rings. The lowest BCUT2D eigenvalue weighted by Crippen LogP contribution is -2.27. The zero-order valence-electron chi connectivity index (χ0n) is 21.5. The number of carbonyl (C=O) groups is 1. The predicted octanol–water partition coefficient (Wildman–Crippen LogP) is 3.54. The molecule has 0 fully saturated rings. The Labute approximate surface area is 223 Å². The maximum Gasteiger partial charge on any atom is 0.310 e. The number of methoxy groups -OCH3 is 1. The Bertz CT molecular complexity index is 1680. The van der Waals surface area contributed by atoms with Crippen molar-refractivity contribution in [3.05, 3.63) is 57.8 Å². The molecule has 1 atom stereocenters. The van der Waals surface area contributed by atoms with Crippen LogP contribution in [-0.2, 0) is 26.1 Å². The maximum atomic E-state index is 13.2. The number of aromatic nitrogens is 4. The molecule has 38 heavy (non-hydrogen) atoms. The second-order valence-corrected chi connectivity index (χ2v) is 11.7. The van der Waals surface area contributed by atoms with Gasteiger partial charge in [0.05, 0.1) is 47.6 Å². The average molecular weight is 558 g/mol. The zero-order chi connectivity index (χ0) is 27.6. The van der Waals surface area contributed by atoms with Crippen LogP contribution in [0.4, 0.5) is 5.69 Å². The number of fused-ring (bicyclic) bond motifs is 1. The summed E-state index contributed by atoms with van der Waals surface area (Å²) in [6, 6.07) is 6.71. The van der Waals surface area contributed by atoms with Crippen LogP contribution >= 0.6 is 11.3 Å². The van der Waals surface area contributed by atoms with Gasteiger partial charge in [-0.3, -0.25) is 18.9 Å². The van der Waals surface area contributed by atoms with Gasteiger partial charge in [0.1, 0.15) is 5.69 Å². The van der Waals surface area contributed by atoms with Crippen LogP contribution in [0.1, 0.15) is 24.5 Å². The Morgan fingerprint density at radius 3 is 2.61 bits per heavy atom. The summed E-state index contributed by atoms with van der Waals surface area (Å²) in [5.74, 6) is -0.826. The first-order valence-electron chi connectivity index (χ1n) is 11.7. The number of esters is 1. The van der Waals surface area contributed by atoms with Crippen LogP contribution in [0.15, 0.2) is 45.8 Å². The van der Waals surface area contributed by atoms with E-state index in [9.17, 15) is 18.0 Å². The number of nitrogens with zero attached hydrogens (tertiary/aromatic N) is 4. The van der Waals surface area contributed by atoms with Crippen LogP contribution in [0.25, 0.3) is 22.0 Å². The molecule has 0 aliphatic rings.